The second kappa shape index (κ2) is 7.46. The average Bonchev–Trinajstić information content (AvgIpc) is 2.78. The van der Waals surface area contributed by atoms with Crippen LogP contribution in [0.25, 0.3) is 0 Å². The fraction of sp³-hybridized carbons (Fsp3) is 0.471. The third-order valence-corrected chi connectivity index (χ3v) is 3.68. The van der Waals surface area contributed by atoms with Crippen LogP contribution in [0.4, 0.5) is 10.2 Å². The molecule has 1 aromatic heterocycles. The first-order valence-electron chi connectivity index (χ1n) is 7.70. The minimum absolute atomic E-state index is 0.162. The molecule has 0 saturated heterocycles. The minimum atomic E-state index is -0.258. The number of aryl methyl sites for hydroxylation is 2. The number of hydrogen-bond donors (Lipinski definition) is 1. The molecule has 0 saturated carbocycles. The molecule has 2 aromatic rings. The maximum absolute atomic E-state index is 12.9. The molecular formula is C17H25FN4O. The third kappa shape index (κ3) is 4.45. The van der Waals surface area contributed by atoms with Crippen LogP contribution in [-0.2, 0) is 13.6 Å². The molecule has 0 aliphatic rings. The molecule has 2 rings (SSSR count). The number of nitrogens with one attached hydrogen (secondary N) is 1. The Morgan fingerprint density at radius 3 is 2.57 bits per heavy atom. The molecule has 0 bridgehead atoms. The van der Waals surface area contributed by atoms with Crippen LogP contribution in [0.1, 0.15) is 18.2 Å². The molecule has 0 fully saturated rings. The number of anilines is 1. The second-order valence-corrected chi connectivity index (χ2v) is 5.95. The van der Waals surface area contributed by atoms with E-state index in [4.69, 9.17) is 4.74 Å². The Balaban J connectivity index is 1.89. The Bertz CT molecular complexity index is 637. The molecule has 126 valence electrons. The standard InChI is InChI=1S/C17H25FN4O/c1-12(11-23-15-8-6-14(18)7-9-15)19-10-16-13(2)20-22(5)17(16)21(3)4/h6-9,12,19H,10-11H2,1-5H3. The van der Waals surface area contributed by atoms with Gasteiger partial charge in [-0.15, -0.1) is 0 Å². The quantitative estimate of drug-likeness (QED) is 0.851. The molecule has 6 heteroatoms. The van der Waals surface area contributed by atoms with Crippen LogP contribution in [0.2, 0.25) is 0 Å². The van der Waals surface area contributed by atoms with Gasteiger partial charge in [-0.2, -0.15) is 5.10 Å². The minimum Gasteiger partial charge on any atom is -0.492 e. The largest absolute Gasteiger partial charge is 0.492 e. The van der Waals surface area contributed by atoms with Gasteiger partial charge in [-0.05, 0) is 38.1 Å². The maximum atomic E-state index is 12.9. The smallest absolute Gasteiger partial charge is 0.130 e. The zero-order chi connectivity index (χ0) is 17.0. The van der Waals surface area contributed by atoms with Gasteiger partial charge in [-0.3, -0.25) is 4.68 Å². The van der Waals surface area contributed by atoms with Crippen molar-refractivity contribution in [1.29, 1.82) is 0 Å². The Morgan fingerprint density at radius 1 is 1.30 bits per heavy atom. The van der Waals surface area contributed by atoms with Crippen molar-refractivity contribution in [1.82, 2.24) is 15.1 Å². The average molecular weight is 320 g/mol. The predicted molar refractivity (Wildman–Crippen MR) is 90.5 cm³/mol. The third-order valence-electron chi connectivity index (χ3n) is 3.68. The maximum Gasteiger partial charge on any atom is 0.130 e. The van der Waals surface area contributed by atoms with Gasteiger partial charge in [0.1, 0.15) is 24.0 Å². The predicted octanol–water partition coefficient (Wildman–Crippen LogP) is 2.49. The monoisotopic (exact) mass is 320 g/mol. The lowest BCUT2D eigenvalue weighted by Gasteiger charge is -2.18. The number of benzene rings is 1. The highest BCUT2D eigenvalue weighted by molar-refractivity contribution is 5.48. The molecule has 23 heavy (non-hydrogen) atoms. The summed E-state index contributed by atoms with van der Waals surface area (Å²) in [6, 6.07) is 6.23. The van der Waals surface area contributed by atoms with Gasteiger partial charge in [0.2, 0.25) is 0 Å². The summed E-state index contributed by atoms with van der Waals surface area (Å²) >= 11 is 0. The van der Waals surface area contributed by atoms with Gasteiger partial charge < -0.3 is 15.0 Å². The van der Waals surface area contributed by atoms with Gasteiger partial charge >= 0.3 is 0 Å². The molecule has 1 unspecified atom stereocenters. The molecule has 0 amide bonds. The highest BCUT2D eigenvalue weighted by atomic mass is 19.1. The molecule has 0 spiro atoms. The molecular weight excluding hydrogens is 295 g/mol. The summed E-state index contributed by atoms with van der Waals surface area (Å²) in [5.74, 6) is 1.51. The van der Waals surface area contributed by atoms with Crippen molar-refractivity contribution in [2.75, 3.05) is 25.6 Å². The first-order chi connectivity index (χ1) is 10.9. The van der Waals surface area contributed by atoms with Crippen molar-refractivity contribution in [2.45, 2.75) is 26.4 Å². The van der Waals surface area contributed by atoms with E-state index in [1.165, 1.54) is 17.7 Å². The van der Waals surface area contributed by atoms with Crippen LogP contribution >= 0.6 is 0 Å². The number of aromatic nitrogens is 2. The van der Waals surface area contributed by atoms with Crippen molar-refractivity contribution in [3.05, 3.63) is 41.3 Å². The van der Waals surface area contributed by atoms with Gasteiger partial charge in [0, 0.05) is 39.3 Å². The molecule has 0 aliphatic carbocycles. The lowest BCUT2D eigenvalue weighted by molar-refractivity contribution is 0.272. The van der Waals surface area contributed by atoms with E-state index in [-0.39, 0.29) is 11.9 Å². The van der Waals surface area contributed by atoms with Crippen LogP contribution in [-0.4, -0.2) is 36.5 Å². The Labute approximate surface area is 137 Å². The summed E-state index contributed by atoms with van der Waals surface area (Å²) in [6.07, 6.45) is 0. The van der Waals surface area contributed by atoms with Gasteiger partial charge in [-0.1, -0.05) is 0 Å². The van der Waals surface area contributed by atoms with E-state index in [1.54, 1.807) is 12.1 Å². The van der Waals surface area contributed by atoms with Crippen molar-refractivity contribution >= 4 is 5.82 Å². The van der Waals surface area contributed by atoms with Crippen molar-refractivity contribution in [3.8, 4) is 5.75 Å². The van der Waals surface area contributed by atoms with Crippen LogP contribution in [0.5, 0.6) is 5.75 Å². The van der Waals surface area contributed by atoms with Crippen LogP contribution in [0.3, 0.4) is 0 Å². The number of nitrogens with zero attached hydrogens (tertiary/aromatic N) is 3. The van der Waals surface area contributed by atoms with E-state index in [1.807, 2.05) is 32.7 Å². The highest BCUT2D eigenvalue weighted by Crippen LogP contribution is 2.21. The number of hydrogen-bond acceptors (Lipinski definition) is 4. The molecule has 5 nitrogen and oxygen atoms in total. The van der Waals surface area contributed by atoms with Crippen molar-refractivity contribution in [3.63, 3.8) is 0 Å². The van der Waals surface area contributed by atoms with Gasteiger partial charge in [0.25, 0.3) is 0 Å². The van der Waals surface area contributed by atoms with E-state index in [9.17, 15) is 4.39 Å². The summed E-state index contributed by atoms with van der Waals surface area (Å²) in [5, 5.41) is 7.93. The second-order valence-electron chi connectivity index (χ2n) is 5.95. The Morgan fingerprint density at radius 2 is 1.96 bits per heavy atom. The van der Waals surface area contributed by atoms with Gasteiger partial charge in [0.05, 0.1) is 5.69 Å². The summed E-state index contributed by atoms with van der Waals surface area (Å²) in [5.41, 5.74) is 2.21. The van der Waals surface area contributed by atoms with Crippen LogP contribution in [0, 0.1) is 12.7 Å². The number of rotatable bonds is 7. The molecule has 1 N–H and O–H groups in total. The zero-order valence-electron chi connectivity index (χ0n) is 14.4. The fourth-order valence-corrected chi connectivity index (χ4v) is 2.54. The van der Waals surface area contributed by atoms with E-state index in [0.717, 1.165) is 18.1 Å². The summed E-state index contributed by atoms with van der Waals surface area (Å²) < 4.78 is 20.4. The van der Waals surface area contributed by atoms with Crippen LogP contribution < -0.4 is 15.0 Å². The zero-order valence-corrected chi connectivity index (χ0v) is 14.4. The molecule has 0 radical (unpaired) electrons. The van der Waals surface area contributed by atoms with E-state index < -0.39 is 0 Å². The first-order valence-corrected chi connectivity index (χ1v) is 7.70. The Hall–Kier alpha value is -2.08. The molecule has 1 atom stereocenters. The molecule has 1 heterocycles. The SMILES string of the molecule is Cc1nn(C)c(N(C)C)c1CNC(C)COc1ccc(F)cc1. The number of halogens is 1. The van der Waals surface area contributed by atoms with E-state index in [0.29, 0.717) is 12.4 Å². The van der Waals surface area contributed by atoms with Crippen LogP contribution in [0.15, 0.2) is 24.3 Å². The first kappa shape index (κ1) is 17.3. The molecule has 0 aliphatic heterocycles. The van der Waals surface area contributed by atoms with Crippen molar-refractivity contribution < 1.29 is 9.13 Å². The molecule has 1 aromatic carbocycles. The van der Waals surface area contributed by atoms with Gasteiger partial charge in [-0.25, -0.2) is 4.39 Å². The summed E-state index contributed by atoms with van der Waals surface area (Å²) in [6.45, 7) is 5.32. The Kier molecular flexibility index (Phi) is 5.60. The topological polar surface area (TPSA) is 42.3 Å². The van der Waals surface area contributed by atoms with Gasteiger partial charge in [0.15, 0.2) is 0 Å². The summed E-state index contributed by atoms with van der Waals surface area (Å²) in [4.78, 5) is 2.07. The highest BCUT2D eigenvalue weighted by Gasteiger charge is 2.15. The lowest BCUT2D eigenvalue weighted by atomic mass is 10.2. The summed E-state index contributed by atoms with van der Waals surface area (Å²) in [7, 11) is 5.98. The van der Waals surface area contributed by atoms with E-state index in [2.05, 4.69) is 22.2 Å². The van der Waals surface area contributed by atoms with E-state index >= 15 is 0 Å². The normalized spacial score (nSPS) is 12.3. The van der Waals surface area contributed by atoms with Crippen molar-refractivity contribution in [2.24, 2.45) is 7.05 Å². The lowest BCUT2D eigenvalue weighted by Crippen LogP contribution is -2.32. The fourth-order valence-electron chi connectivity index (χ4n) is 2.54. The number of ether oxygens (including phenoxy) is 1.